The molecule has 224 valence electrons. The summed E-state index contributed by atoms with van der Waals surface area (Å²) in [6, 6.07) is 12.4. The van der Waals surface area contributed by atoms with E-state index in [0.717, 1.165) is 4.42 Å². The highest BCUT2D eigenvalue weighted by molar-refractivity contribution is 6.41. The molecule has 2 aliphatic rings. The van der Waals surface area contributed by atoms with Gasteiger partial charge >= 0.3 is 5.97 Å². The Balaban J connectivity index is 1.90. The minimum atomic E-state index is -1.76. The lowest BCUT2D eigenvalue weighted by atomic mass is 9.58. The van der Waals surface area contributed by atoms with Crippen LogP contribution in [0.15, 0.2) is 54.6 Å². The average molecular weight is 627 g/mol. The van der Waals surface area contributed by atoms with Crippen LogP contribution in [-0.4, -0.2) is 36.3 Å². The first-order valence-corrected chi connectivity index (χ1v) is 14.2. The first-order valence-electron chi connectivity index (χ1n) is 13.5. The lowest BCUT2D eigenvalue weighted by molar-refractivity contribution is -0.156. The largest absolute Gasteiger partial charge is 0.476 e. The fourth-order valence-corrected chi connectivity index (χ4v) is 6.79. The van der Waals surface area contributed by atoms with E-state index >= 15 is 0 Å². The molecule has 3 aromatic rings. The summed E-state index contributed by atoms with van der Waals surface area (Å²) in [7, 11) is 1.23. The SMILES string of the molecule is COC(=O)C(C)(C)Oc1ccc(Cl)cc1C1CC(=O)NC(c2cc(F)ccc2C)C12C(=O)N(Cl)c1cccc(C(C)=O)c12. The molecule has 0 radical (unpaired) electrons. The number of ketones is 1. The number of ether oxygens (including phenoxy) is 2. The van der Waals surface area contributed by atoms with Crippen molar-refractivity contribution in [1.29, 1.82) is 0 Å². The Morgan fingerprint density at radius 1 is 1.09 bits per heavy atom. The third-order valence-electron chi connectivity index (χ3n) is 8.22. The first-order chi connectivity index (χ1) is 20.2. The molecular weight excluding hydrogens is 598 g/mol. The van der Waals surface area contributed by atoms with Crippen molar-refractivity contribution in [2.45, 2.75) is 57.1 Å². The standard InChI is InChI=1S/C32H29Cl2FN2O6/c1-16-9-11-19(35)14-21(16)28-32(27-20(17(2)38)7-6-8-24(27)37(34)29(32)40)23(15-26(39)36-28)22-13-18(33)10-12-25(22)43-31(3,4)30(41)42-5/h6-14,23,28H,15H2,1-5H3,(H,36,39). The maximum absolute atomic E-state index is 14.8. The minimum absolute atomic E-state index is 0.163. The van der Waals surface area contributed by atoms with Crippen LogP contribution in [0.3, 0.4) is 0 Å². The molecule has 0 aromatic heterocycles. The van der Waals surface area contributed by atoms with Gasteiger partial charge in [-0.2, -0.15) is 0 Å². The van der Waals surface area contributed by atoms with E-state index in [4.69, 9.17) is 32.9 Å². The second kappa shape index (κ2) is 11.0. The number of nitrogens with one attached hydrogen (secondary N) is 1. The van der Waals surface area contributed by atoms with Crippen molar-refractivity contribution in [3.63, 3.8) is 0 Å². The van der Waals surface area contributed by atoms with Gasteiger partial charge in [0.2, 0.25) is 5.91 Å². The molecule has 8 nitrogen and oxygen atoms in total. The van der Waals surface area contributed by atoms with Gasteiger partial charge in [-0.25, -0.2) is 13.6 Å². The minimum Gasteiger partial charge on any atom is -0.476 e. The predicted molar refractivity (Wildman–Crippen MR) is 159 cm³/mol. The number of methoxy groups -OCH3 is 1. The van der Waals surface area contributed by atoms with E-state index < -0.39 is 46.6 Å². The van der Waals surface area contributed by atoms with Gasteiger partial charge in [0.15, 0.2) is 11.4 Å². The molecule has 2 amide bonds. The highest BCUT2D eigenvalue weighted by Gasteiger charge is 2.65. The molecule has 1 saturated heterocycles. The number of hydrogen-bond acceptors (Lipinski definition) is 6. The fraction of sp³-hybridized carbons (Fsp3) is 0.312. The van der Waals surface area contributed by atoms with E-state index in [1.165, 1.54) is 40.0 Å². The number of halogens is 3. The quantitative estimate of drug-likeness (QED) is 0.201. The van der Waals surface area contributed by atoms with Crippen molar-refractivity contribution in [3.8, 4) is 5.75 Å². The first kappa shape index (κ1) is 30.5. The monoisotopic (exact) mass is 626 g/mol. The number of Topliss-reactive ketones (excluding diaryl/α,β-unsaturated/α-hetero) is 1. The second-order valence-corrected chi connectivity index (χ2v) is 12.0. The number of amides is 2. The van der Waals surface area contributed by atoms with Crippen molar-refractivity contribution in [3.05, 3.63) is 93.3 Å². The second-order valence-electron chi connectivity index (χ2n) is 11.3. The lowest BCUT2D eigenvalue weighted by Crippen LogP contribution is -2.58. The molecule has 43 heavy (non-hydrogen) atoms. The molecule has 2 heterocycles. The molecule has 1 spiro atoms. The maximum atomic E-state index is 14.8. The van der Waals surface area contributed by atoms with Gasteiger partial charge in [-0.05, 0) is 75.2 Å². The van der Waals surface area contributed by atoms with Gasteiger partial charge in [-0.1, -0.05) is 29.8 Å². The van der Waals surface area contributed by atoms with Crippen molar-refractivity contribution in [2.75, 3.05) is 11.5 Å². The Morgan fingerprint density at radius 3 is 2.49 bits per heavy atom. The van der Waals surface area contributed by atoms with Crippen LogP contribution in [0.2, 0.25) is 5.02 Å². The third kappa shape index (κ3) is 4.84. The number of hydrogen-bond donors (Lipinski definition) is 1. The molecule has 2 aliphatic heterocycles. The maximum Gasteiger partial charge on any atom is 0.349 e. The number of carbonyl (C=O) groups excluding carboxylic acids is 4. The third-order valence-corrected chi connectivity index (χ3v) is 8.79. The summed E-state index contributed by atoms with van der Waals surface area (Å²) in [5.41, 5.74) is -1.20. The van der Waals surface area contributed by atoms with Crippen LogP contribution in [0, 0.1) is 12.7 Å². The summed E-state index contributed by atoms with van der Waals surface area (Å²) in [4.78, 5) is 54.0. The molecular formula is C32H29Cl2FN2O6. The van der Waals surface area contributed by atoms with Crippen molar-refractivity contribution >= 4 is 52.6 Å². The van der Waals surface area contributed by atoms with E-state index in [1.54, 1.807) is 49.4 Å². The summed E-state index contributed by atoms with van der Waals surface area (Å²) in [6.07, 6.45) is -0.248. The number of aryl methyl sites for hydroxylation is 1. The molecule has 11 heteroatoms. The fourth-order valence-electron chi connectivity index (χ4n) is 6.33. The molecule has 0 saturated carbocycles. The van der Waals surface area contributed by atoms with Crippen LogP contribution in [0.25, 0.3) is 0 Å². The number of carbonyl (C=O) groups is 4. The van der Waals surface area contributed by atoms with Gasteiger partial charge in [0.05, 0.1) is 18.8 Å². The summed E-state index contributed by atoms with van der Waals surface area (Å²) >= 11 is 13.2. The molecule has 3 atom stereocenters. The number of rotatable bonds is 6. The van der Waals surface area contributed by atoms with Gasteiger partial charge < -0.3 is 14.8 Å². The molecule has 0 aliphatic carbocycles. The van der Waals surface area contributed by atoms with E-state index in [9.17, 15) is 23.6 Å². The van der Waals surface area contributed by atoms with E-state index in [-0.39, 0.29) is 34.2 Å². The van der Waals surface area contributed by atoms with E-state index in [2.05, 4.69) is 5.32 Å². The van der Waals surface area contributed by atoms with E-state index in [0.29, 0.717) is 22.3 Å². The van der Waals surface area contributed by atoms with Crippen molar-refractivity contribution in [2.24, 2.45) is 0 Å². The van der Waals surface area contributed by atoms with Crippen molar-refractivity contribution in [1.82, 2.24) is 5.32 Å². The van der Waals surface area contributed by atoms with Crippen LogP contribution in [-0.2, 0) is 24.5 Å². The number of fused-ring (bicyclic) bond motifs is 2. The van der Waals surface area contributed by atoms with Gasteiger partial charge in [0.25, 0.3) is 5.91 Å². The smallest absolute Gasteiger partial charge is 0.349 e. The molecule has 3 aromatic carbocycles. The zero-order chi connectivity index (χ0) is 31.4. The Bertz CT molecular complexity index is 1690. The average Bonchev–Trinajstić information content (AvgIpc) is 3.18. The molecule has 3 unspecified atom stereocenters. The summed E-state index contributed by atoms with van der Waals surface area (Å²) in [5, 5.41) is 3.20. The topological polar surface area (TPSA) is 102 Å². The Hall–Kier alpha value is -3.95. The van der Waals surface area contributed by atoms with Crippen LogP contribution in [0.5, 0.6) is 5.75 Å². The van der Waals surface area contributed by atoms with Gasteiger partial charge in [0, 0.05) is 45.8 Å². The molecule has 1 fully saturated rings. The van der Waals surface area contributed by atoms with Crippen LogP contribution >= 0.6 is 23.4 Å². The van der Waals surface area contributed by atoms with Crippen LogP contribution in [0.4, 0.5) is 10.1 Å². The van der Waals surface area contributed by atoms with Gasteiger partial charge in [-0.3, -0.25) is 14.4 Å². The Kier molecular flexibility index (Phi) is 7.77. The van der Waals surface area contributed by atoms with Crippen LogP contribution in [0.1, 0.15) is 71.8 Å². The predicted octanol–water partition coefficient (Wildman–Crippen LogP) is 6.10. The Labute approximate surface area is 258 Å². The van der Waals surface area contributed by atoms with Crippen LogP contribution < -0.4 is 14.5 Å². The number of piperidine rings is 1. The summed E-state index contributed by atoms with van der Waals surface area (Å²) in [5.74, 6) is -3.52. The lowest BCUT2D eigenvalue weighted by Gasteiger charge is -2.47. The van der Waals surface area contributed by atoms with E-state index in [1.807, 2.05) is 0 Å². The molecule has 1 N–H and O–H groups in total. The molecule has 0 bridgehead atoms. The molecule has 5 rings (SSSR count). The van der Waals surface area contributed by atoms with Crippen molar-refractivity contribution < 1.29 is 33.0 Å². The number of esters is 1. The zero-order valence-electron chi connectivity index (χ0n) is 24.1. The van der Waals surface area contributed by atoms with Gasteiger partial charge in [0.1, 0.15) is 17.0 Å². The normalized spacial score (nSPS) is 21.4. The summed E-state index contributed by atoms with van der Waals surface area (Å²) < 4.78 is 26.9. The number of benzene rings is 3. The summed E-state index contributed by atoms with van der Waals surface area (Å²) in [6.45, 7) is 6.14. The Morgan fingerprint density at radius 2 is 1.81 bits per heavy atom. The van der Waals surface area contributed by atoms with Gasteiger partial charge in [-0.15, -0.1) is 0 Å². The number of anilines is 1. The zero-order valence-corrected chi connectivity index (χ0v) is 25.6. The highest BCUT2D eigenvalue weighted by atomic mass is 35.5. The number of nitrogens with zero attached hydrogens (tertiary/aromatic N) is 1. The highest BCUT2D eigenvalue weighted by Crippen LogP contribution is 2.61.